The van der Waals surface area contributed by atoms with Crippen molar-refractivity contribution in [3.05, 3.63) is 53.5 Å². The normalized spacial score (nSPS) is 15.5. The van der Waals surface area contributed by atoms with Gasteiger partial charge in [0.1, 0.15) is 5.01 Å². The number of aromatic nitrogens is 3. The number of thioether (sulfide) groups is 1. The lowest BCUT2D eigenvalue weighted by atomic mass is 10.2. The fourth-order valence-corrected chi connectivity index (χ4v) is 6.82. The average Bonchev–Trinajstić information content (AvgIpc) is 3.45. The van der Waals surface area contributed by atoms with Crippen molar-refractivity contribution >= 4 is 43.3 Å². The number of thiazole rings is 1. The van der Waals surface area contributed by atoms with Crippen molar-refractivity contribution in [2.45, 2.75) is 35.1 Å². The predicted molar refractivity (Wildman–Crippen MR) is 122 cm³/mol. The first-order valence-electron chi connectivity index (χ1n) is 10.0. The number of hydrogen-bond acceptors (Lipinski definition) is 8. The van der Waals surface area contributed by atoms with Crippen LogP contribution < -0.4 is 0 Å². The highest BCUT2D eigenvalue weighted by atomic mass is 32.2. The maximum absolute atomic E-state index is 13.0. The lowest BCUT2D eigenvalue weighted by Crippen LogP contribution is -2.35. The summed E-state index contributed by atoms with van der Waals surface area (Å²) in [4.78, 5) is 4.87. The quantitative estimate of drug-likeness (QED) is 0.372. The molecule has 0 spiro atoms. The van der Waals surface area contributed by atoms with Gasteiger partial charge in [0, 0.05) is 18.7 Å². The van der Waals surface area contributed by atoms with Crippen LogP contribution in [0.15, 0.2) is 63.1 Å². The highest BCUT2D eigenvalue weighted by Gasteiger charge is 2.26. The van der Waals surface area contributed by atoms with E-state index >= 15 is 0 Å². The summed E-state index contributed by atoms with van der Waals surface area (Å²) in [5.74, 6) is 0.937. The smallest absolute Gasteiger partial charge is 0.277 e. The molecule has 31 heavy (non-hydrogen) atoms. The third-order valence-corrected chi connectivity index (χ3v) is 9.04. The van der Waals surface area contributed by atoms with E-state index in [1.807, 2.05) is 18.2 Å². The van der Waals surface area contributed by atoms with Crippen molar-refractivity contribution in [1.29, 1.82) is 0 Å². The van der Waals surface area contributed by atoms with Gasteiger partial charge in [-0.25, -0.2) is 13.4 Å². The molecule has 0 unspecified atom stereocenters. The lowest BCUT2D eigenvalue weighted by molar-refractivity contribution is 0.346. The van der Waals surface area contributed by atoms with Gasteiger partial charge in [0.05, 0.1) is 20.9 Å². The molecule has 0 atom stereocenters. The molecule has 160 valence electrons. The highest BCUT2D eigenvalue weighted by Crippen LogP contribution is 2.30. The summed E-state index contributed by atoms with van der Waals surface area (Å²) in [7, 11) is -3.51. The molecule has 1 aliphatic heterocycles. The van der Waals surface area contributed by atoms with Gasteiger partial charge in [-0.3, -0.25) is 0 Å². The molecule has 0 amide bonds. The molecular weight excluding hydrogens is 452 g/mol. The Labute approximate surface area is 188 Å². The molecule has 0 N–H and O–H groups in total. The summed E-state index contributed by atoms with van der Waals surface area (Å²) in [6.07, 6.45) is 2.88. The van der Waals surface area contributed by atoms with Gasteiger partial charge in [0.25, 0.3) is 5.22 Å². The highest BCUT2D eigenvalue weighted by molar-refractivity contribution is 7.98. The number of piperidine rings is 1. The molecule has 4 aromatic rings. The number of nitrogens with zero attached hydrogens (tertiary/aromatic N) is 4. The maximum Gasteiger partial charge on any atom is 0.277 e. The molecule has 0 saturated carbocycles. The van der Waals surface area contributed by atoms with Gasteiger partial charge < -0.3 is 4.42 Å². The van der Waals surface area contributed by atoms with E-state index in [1.54, 1.807) is 39.9 Å². The van der Waals surface area contributed by atoms with Crippen molar-refractivity contribution in [3.63, 3.8) is 0 Å². The molecule has 2 aromatic heterocycles. The Bertz CT molecular complexity index is 1280. The number of para-hydroxylation sites is 1. The average molecular weight is 473 g/mol. The predicted octanol–water partition coefficient (Wildman–Crippen LogP) is 4.81. The van der Waals surface area contributed by atoms with Crippen molar-refractivity contribution in [3.8, 4) is 11.5 Å². The van der Waals surface area contributed by atoms with Gasteiger partial charge in [-0.2, -0.15) is 4.31 Å². The number of sulfonamides is 1. The molecule has 0 bridgehead atoms. The van der Waals surface area contributed by atoms with Crippen LogP contribution in [0.25, 0.3) is 21.7 Å². The van der Waals surface area contributed by atoms with E-state index in [0.717, 1.165) is 34.5 Å². The molecule has 0 radical (unpaired) electrons. The van der Waals surface area contributed by atoms with E-state index in [4.69, 9.17) is 4.42 Å². The van der Waals surface area contributed by atoms with Gasteiger partial charge in [-0.05, 0) is 43.2 Å². The lowest BCUT2D eigenvalue weighted by Gasteiger charge is -2.25. The Morgan fingerprint density at radius 3 is 2.71 bits per heavy atom. The first-order valence-corrected chi connectivity index (χ1v) is 13.3. The fourth-order valence-electron chi connectivity index (χ4n) is 3.53. The monoisotopic (exact) mass is 472 g/mol. The number of rotatable bonds is 6. The van der Waals surface area contributed by atoms with Gasteiger partial charge in [-0.1, -0.05) is 36.4 Å². The zero-order valence-electron chi connectivity index (χ0n) is 16.6. The van der Waals surface area contributed by atoms with Crippen LogP contribution in [0.1, 0.15) is 24.3 Å². The third-order valence-electron chi connectivity index (χ3n) is 5.10. The zero-order chi connectivity index (χ0) is 21.3. The van der Waals surface area contributed by atoms with Crippen molar-refractivity contribution < 1.29 is 12.8 Å². The number of hydrogen-bond donors (Lipinski definition) is 0. The molecule has 5 rings (SSSR count). The topological polar surface area (TPSA) is 89.2 Å². The molecule has 3 heterocycles. The van der Waals surface area contributed by atoms with E-state index in [2.05, 4.69) is 21.2 Å². The van der Waals surface area contributed by atoms with E-state index in [-0.39, 0.29) is 4.90 Å². The Morgan fingerprint density at radius 1 is 1.03 bits per heavy atom. The van der Waals surface area contributed by atoms with Gasteiger partial charge in [0.15, 0.2) is 0 Å². The van der Waals surface area contributed by atoms with Gasteiger partial charge in [-0.15, -0.1) is 21.5 Å². The fraction of sp³-hybridized carbons (Fsp3) is 0.286. The minimum absolute atomic E-state index is 0.258. The number of fused-ring (bicyclic) bond motifs is 1. The van der Waals surface area contributed by atoms with E-state index in [1.165, 1.54) is 11.8 Å². The van der Waals surface area contributed by atoms with E-state index < -0.39 is 10.0 Å². The minimum Gasteiger partial charge on any atom is -0.411 e. The van der Waals surface area contributed by atoms with Crippen LogP contribution >= 0.6 is 23.1 Å². The molecule has 7 nitrogen and oxygen atoms in total. The van der Waals surface area contributed by atoms with Crippen molar-refractivity contribution in [2.75, 3.05) is 13.1 Å². The van der Waals surface area contributed by atoms with Gasteiger partial charge in [0.2, 0.25) is 15.9 Å². The van der Waals surface area contributed by atoms with E-state index in [9.17, 15) is 8.42 Å². The summed E-state index contributed by atoms with van der Waals surface area (Å²) in [5.41, 5.74) is 1.58. The largest absolute Gasteiger partial charge is 0.411 e. The summed E-state index contributed by atoms with van der Waals surface area (Å²) in [6.45, 7) is 1.14. The Kier molecular flexibility index (Phi) is 5.79. The standard InChI is InChI=1S/C21H20N4O3S3/c26-31(27,25-11-4-1-5-12-25)16-8-6-7-15(13-16)20-23-24-21(28-20)29-14-19-22-17-9-2-3-10-18(17)30-19/h2-3,6-10,13H,1,4-5,11-12,14H2. The summed E-state index contributed by atoms with van der Waals surface area (Å²) < 4.78 is 34.4. The van der Waals surface area contributed by atoms with Crippen LogP contribution in [0, 0.1) is 0 Å². The molecule has 1 aliphatic rings. The molecule has 10 heteroatoms. The maximum atomic E-state index is 13.0. The van der Waals surface area contributed by atoms with Crippen LogP contribution in [-0.4, -0.2) is 41.0 Å². The summed E-state index contributed by atoms with van der Waals surface area (Å²) >= 11 is 3.06. The second kappa shape index (κ2) is 8.70. The number of benzene rings is 2. The van der Waals surface area contributed by atoms with E-state index in [0.29, 0.717) is 35.5 Å². The molecule has 1 saturated heterocycles. The van der Waals surface area contributed by atoms with Crippen LogP contribution in [0.4, 0.5) is 0 Å². The Morgan fingerprint density at radius 2 is 1.87 bits per heavy atom. The van der Waals surface area contributed by atoms with Crippen LogP contribution in [0.2, 0.25) is 0 Å². The Balaban J connectivity index is 1.32. The Hall–Kier alpha value is -2.27. The van der Waals surface area contributed by atoms with Crippen LogP contribution in [-0.2, 0) is 15.8 Å². The van der Waals surface area contributed by atoms with Crippen LogP contribution in [0.3, 0.4) is 0 Å². The van der Waals surface area contributed by atoms with Gasteiger partial charge >= 0.3 is 0 Å². The molecule has 1 fully saturated rings. The first kappa shape index (κ1) is 20.6. The first-order chi connectivity index (χ1) is 15.1. The third kappa shape index (κ3) is 4.38. The van der Waals surface area contributed by atoms with Crippen molar-refractivity contribution in [1.82, 2.24) is 19.5 Å². The molecular formula is C21H20N4O3S3. The molecule has 2 aromatic carbocycles. The zero-order valence-corrected chi connectivity index (χ0v) is 19.0. The summed E-state index contributed by atoms with van der Waals surface area (Å²) in [5, 5.41) is 9.64. The SMILES string of the molecule is O=S(=O)(c1cccc(-c2nnc(SCc3nc4ccccc4s3)o2)c1)N1CCCCC1. The molecule has 0 aliphatic carbocycles. The van der Waals surface area contributed by atoms with Crippen molar-refractivity contribution in [2.24, 2.45) is 0 Å². The minimum atomic E-state index is -3.51. The van der Waals surface area contributed by atoms with Crippen LogP contribution in [0.5, 0.6) is 0 Å². The summed E-state index contributed by atoms with van der Waals surface area (Å²) in [6, 6.07) is 14.7. The second-order valence-corrected chi connectivity index (χ2v) is 11.2. The second-order valence-electron chi connectivity index (χ2n) is 7.23.